The van der Waals surface area contributed by atoms with Crippen LogP contribution >= 0.6 is 0 Å². The normalized spacial score (nSPS) is 15.3. The van der Waals surface area contributed by atoms with Crippen LogP contribution in [0.5, 0.6) is 0 Å². The second-order valence-corrected chi connectivity index (χ2v) is 5.72. The molecule has 1 aromatic heterocycles. The molecule has 3 rings (SSSR count). The predicted molar refractivity (Wildman–Crippen MR) is 81.8 cm³/mol. The van der Waals surface area contributed by atoms with Crippen molar-refractivity contribution in [2.45, 2.75) is 38.6 Å². The van der Waals surface area contributed by atoms with E-state index < -0.39 is 0 Å². The van der Waals surface area contributed by atoms with Crippen LogP contribution in [0.3, 0.4) is 0 Å². The molecule has 0 aliphatic heterocycles. The molecular weight excluding hydrogens is 246 g/mol. The SMILES string of the molecule is CCNC(Cc1cnn(C)c1)c1ccc2c(c1)CCC2. The number of nitrogens with one attached hydrogen (secondary N) is 1. The van der Waals surface area contributed by atoms with Gasteiger partial charge in [0.25, 0.3) is 0 Å². The van der Waals surface area contributed by atoms with Gasteiger partial charge >= 0.3 is 0 Å². The van der Waals surface area contributed by atoms with Crippen molar-refractivity contribution in [3.8, 4) is 0 Å². The molecule has 3 heteroatoms. The van der Waals surface area contributed by atoms with E-state index in [4.69, 9.17) is 0 Å². The molecule has 1 N–H and O–H groups in total. The summed E-state index contributed by atoms with van der Waals surface area (Å²) in [6.45, 7) is 3.16. The number of benzene rings is 1. The summed E-state index contributed by atoms with van der Waals surface area (Å²) in [5.74, 6) is 0. The van der Waals surface area contributed by atoms with Gasteiger partial charge in [0.05, 0.1) is 6.20 Å². The van der Waals surface area contributed by atoms with E-state index >= 15 is 0 Å². The van der Waals surface area contributed by atoms with Gasteiger partial charge in [-0.3, -0.25) is 4.68 Å². The van der Waals surface area contributed by atoms with E-state index in [9.17, 15) is 0 Å². The first-order valence-corrected chi connectivity index (χ1v) is 7.59. The third-order valence-corrected chi connectivity index (χ3v) is 4.17. The Kier molecular flexibility index (Phi) is 3.88. The lowest BCUT2D eigenvalue weighted by Gasteiger charge is -2.18. The Morgan fingerprint density at radius 1 is 1.30 bits per heavy atom. The molecule has 1 aliphatic carbocycles. The monoisotopic (exact) mass is 269 g/mol. The first-order chi connectivity index (χ1) is 9.76. The Morgan fingerprint density at radius 3 is 2.90 bits per heavy atom. The summed E-state index contributed by atoms with van der Waals surface area (Å²) >= 11 is 0. The lowest BCUT2D eigenvalue weighted by molar-refractivity contribution is 0.549. The van der Waals surface area contributed by atoms with Gasteiger partial charge in [-0.25, -0.2) is 0 Å². The molecule has 0 bridgehead atoms. The maximum atomic E-state index is 4.27. The first kappa shape index (κ1) is 13.4. The van der Waals surface area contributed by atoms with Crippen LogP contribution in [0.25, 0.3) is 0 Å². The molecule has 0 spiro atoms. The molecule has 0 amide bonds. The van der Waals surface area contributed by atoms with Crippen molar-refractivity contribution in [2.75, 3.05) is 6.54 Å². The smallest absolute Gasteiger partial charge is 0.0522 e. The molecule has 2 aromatic rings. The van der Waals surface area contributed by atoms with E-state index in [-0.39, 0.29) is 0 Å². The zero-order valence-corrected chi connectivity index (χ0v) is 12.4. The van der Waals surface area contributed by atoms with Crippen molar-refractivity contribution in [1.29, 1.82) is 0 Å². The summed E-state index contributed by atoms with van der Waals surface area (Å²) < 4.78 is 1.88. The lowest BCUT2D eigenvalue weighted by Crippen LogP contribution is -2.23. The van der Waals surface area contributed by atoms with Gasteiger partial charge in [0.1, 0.15) is 0 Å². The largest absolute Gasteiger partial charge is 0.310 e. The van der Waals surface area contributed by atoms with Crippen molar-refractivity contribution in [1.82, 2.24) is 15.1 Å². The number of aryl methyl sites for hydroxylation is 3. The third-order valence-electron chi connectivity index (χ3n) is 4.17. The molecule has 1 aliphatic rings. The van der Waals surface area contributed by atoms with Gasteiger partial charge in [0.2, 0.25) is 0 Å². The van der Waals surface area contributed by atoms with Crippen molar-refractivity contribution < 1.29 is 0 Å². The average Bonchev–Trinajstić information content (AvgIpc) is 3.06. The number of hydrogen-bond acceptors (Lipinski definition) is 2. The lowest BCUT2D eigenvalue weighted by atomic mass is 9.97. The van der Waals surface area contributed by atoms with E-state index in [0.717, 1.165) is 13.0 Å². The maximum Gasteiger partial charge on any atom is 0.0522 e. The molecule has 1 atom stereocenters. The number of rotatable bonds is 5. The van der Waals surface area contributed by atoms with E-state index in [1.54, 1.807) is 11.1 Å². The minimum Gasteiger partial charge on any atom is -0.310 e. The van der Waals surface area contributed by atoms with Crippen molar-refractivity contribution >= 4 is 0 Å². The molecule has 0 saturated heterocycles. The molecule has 1 aromatic carbocycles. The predicted octanol–water partition coefficient (Wildman–Crippen LogP) is 2.80. The van der Waals surface area contributed by atoms with Gasteiger partial charge in [-0.15, -0.1) is 0 Å². The Labute approximate surface area is 121 Å². The highest BCUT2D eigenvalue weighted by atomic mass is 15.2. The summed E-state index contributed by atoms with van der Waals surface area (Å²) in [4.78, 5) is 0. The fourth-order valence-electron chi connectivity index (χ4n) is 3.18. The Hall–Kier alpha value is -1.61. The number of hydrogen-bond donors (Lipinski definition) is 1. The molecule has 0 saturated carbocycles. The molecular formula is C17H23N3. The Balaban J connectivity index is 1.82. The van der Waals surface area contributed by atoms with Gasteiger partial charge in [-0.05, 0) is 54.5 Å². The van der Waals surface area contributed by atoms with Crippen LogP contribution < -0.4 is 5.32 Å². The summed E-state index contributed by atoms with van der Waals surface area (Å²) in [5, 5.41) is 7.88. The summed E-state index contributed by atoms with van der Waals surface area (Å²) in [6.07, 6.45) is 8.89. The van der Waals surface area contributed by atoms with Gasteiger partial charge in [-0.1, -0.05) is 25.1 Å². The average molecular weight is 269 g/mol. The van der Waals surface area contributed by atoms with Crippen LogP contribution in [0, 0.1) is 0 Å². The van der Waals surface area contributed by atoms with Gasteiger partial charge < -0.3 is 5.32 Å². The molecule has 0 radical (unpaired) electrons. The van der Waals surface area contributed by atoms with Crippen LogP contribution in [0.15, 0.2) is 30.6 Å². The minimum absolute atomic E-state index is 0.384. The van der Waals surface area contributed by atoms with Crippen molar-refractivity contribution in [3.05, 3.63) is 52.8 Å². The summed E-state index contributed by atoms with van der Waals surface area (Å²) in [7, 11) is 1.97. The number of fused-ring (bicyclic) bond motifs is 1. The van der Waals surface area contributed by atoms with E-state index in [2.05, 4.69) is 41.7 Å². The van der Waals surface area contributed by atoms with Gasteiger partial charge in [0, 0.05) is 19.3 Å². The number of aromatic nitrogens is 2. The second kappa shape index (κ2) is 5.80. The molecule has 3 nitrogen and oxygen atoms in total. The van der Waals surface area contributed by atoms with Crippen LogP contribution in [-0.4, -0.2) is 16.3 Å². The zero-order chi connectivity index (χ0) is 13.9. The highest BCUT2D eigenvalue weighted by molar-refractivity contribution is 5.37. The molecule has 1 heterocycles. The number of nitrogens with zero attached hydrogens (tertiary/aromatic N) is 2. The summed E-state index contributed by atoms with van der Waals surface area (Å²) in [5.41, 5.74) is 5.80. The minimum atomic E-state index is 0.384. The van der Waals surface area contributed by atoms with Crippen LogP contribution in [0.2, 0.25) is 0 Å². The highest BCUT2D eigenvalue weighted by Crippen LogP contribution is 2.26. The maximum absolute atomic E-state index is 4.27. The molecule has 0 fully saturated rings. The van der Waals surface area contributed by atoms with Crippen molar-refractivity contribution in [2.24, 2.45) is 7.05 Å². The van der Waals surface area contributed by atoms with Crippen LogP contribution in [0.1, 0.15) is 41.6 Å². The quantitative estimate of drug-likeness (QED) is 0.904. The molecule has 106 valence electrons. The zero-order valence-electron chi connectivity index (χ0n) is 12.4. The van der Waals surface area contributed by atoms with Crippen LogP contribution in [0.4, 0.5) is 0 Å². The second-order valence-electron chi connectivity index (χ2n) is 5.72. The van der Waals surface area contributed by atoms with Gasteiger partial charge in [-0.2, -0.15) is 5.10 Å². The fourth-order valence-corrected chi connectivity index (χ4v) is 3.18. The van der Waals surface area contributed by atoms with E-state index in [1.165, 1.54) is 30.4 Å². The standard InChI is InChI=1S/C17H23N3/c1-3-18-17(9-13-11-19-20(2)12-13)16-8-7-14-5-4-6-15(14)10-16/h7-8,10-12,17-18H,3-6,9H2,1-2H3. The number of likely N-dealkylation sites (N-methyl/N-ethyl adjacent to an activating group) is 1. The first-order valence-electron chi connectivity index (χ1n) is 7.59. The van der Waals surface area contributed by atoms with Crippen LogP contribution in [-0.2, 0) is 26.3 Å². The Morgan fingerprint density at radius 2 is 2.15 bits per heavy atom. The highest BCUT2D eigenvalue weighted by Gasteiger charge is 2.16. The molecule has 20 heavy (non-hydrogen) atoms. The third kappa shape index (κ3) is 2.78. The fraction of sp³-hybridized carbons (Fsp3) is 0.471. The summed E-state index contributed by atoms with van der Waals surface area (Å²) in [6, 6.07) is 7.42. The van der Waals surface area contributed by atoms with Gasteiger partial charge in [0.15, 0.2) is 0 Å². The van der Waals surface area contributed by atoms with E-state index in [1.807, 2.05) is 17.9 Å². The van der Waals surface area contributed by atoms with E-state index in [0.29, 0.717) is 6.04 Å². The van der Waals surface area contributed by atoms with Crippen molar-refractivity contribution in [3.63, 3.8) is 0 Å². The molecule has 1 unspecified atom stereocenters. The topological polar surface area (TPSA) is 29.9 Å². The Bertz CT molecular complexity index is 586.